The summed E-state index contributed by atoms with van der Waals surface area (Å²) < 4.78 is 10.6. The summed E-state index contributed by atoms with van der Waals surface area (Å²) in [5.41, 5.74) is 0.939. The van der Waals surface area contributed by atoms with Crippen molar-refractivity contribution in [2.75, 3.05) is 13.7 Å². The molecule has 106 valence electrons. The Hall–Kier alpha value is -1.59. The van der Waals surface area contributed by atoms with Crippen LogP contribution in [0.25, 0.3) is 0 Å². The lowest BCUT2D eigenvalue weighted by Gasteiger charge is -2.16. The van der Waals surface area contributed by atoms with E-state index in [1.807, 2.05) is 24.3 Å². The first-order valence-electron chi connectivity index (χ1n) is 6.22. The first kappa shape index (κ1) is 15.5. The van der Waals surface area contributed by atoms with Gasteiger partial charge in [0.1, 0.15) is 11.9 Å². The number of carbonyl (C=O) groups is 1. The number of rotatable bonds is 7. The summed E-state index contributed by atoms with van der Waals surface area (Å²) in [4.78, 5) is 11.7. The molecule has 19 heavy (non-hydrogen) atoms. The van der Waals surface area contributed by atoms with Gasteiger partial charge < -0.3 is 19.9 Å². The highest BCUT2D eigenvalue weighted by Crippen LogP contribution is 2.13. The second-order valence-electron chi connectivity index (χ2n) is 4.40. The average Bonchev–Trinajstić information content (AvgIpc) is 2.44. The minimum atomic E-state index is -0.569. The van der Waals surface area contributed by atoms with E-state index in [-0.39, 0.29) is 18.6 Å². The molecule has 0 aliphatic carbocycles. The Morgan fingerprint density at radius 1 is 1.42 bits per heavy atom. The first-order valence-corrected chi connectivity index (χ1v) is 6.22. The molecule has 1 rings (SSSR count). The molecule has 1 aromatic carbocycles. The van der Waals surface area contributed by atoms with Gasteiger partial charge in [0, 0.05) is 6.04 Å². The summed E-state index contributed by atoms with van der Waals surface area (Å²) in [7, 11) is 1.60. The lowest BCUT2D eigenvalue weighted by Crippen LogP contribution is -2.41. The molecule has 2 unspecified atom stereocenters. The Morgan fingerprint density at radius 2 is 2.16 bits per heavy atom. The highest BCUT2D eigenvalue weighted by atomic mass is 16.5. The lowest BCUT2D eigenvalue weighted by molar-refractivity contribution is -0.133. The fourth-order valence-electron chi connectivity index (χ4n) is 1.47. The van der Waals surface area contributed by atoms with Crippen molar-refractivity contribution in [1.82, 2.24) is 5.32 Å². The van der Waals surface area contributed by atoms with Gasteiger partial charge in [0.15, 0.2) is 0 Å². The Balaban J connectivity index is 2.44. The molecule has 5 heteroatoms. The number of hydrogen-bond acceptors (Lipinski definition) is 4. The lowest BCUT2D eigenvalue weighted by atomic mass is 10.2. The number of methoxy groups -OCH3 is 1. The maximum absolute atomic E-state index is 11.7. The molecule has 0 heterocycles. The molecule has 0 aliphatic rings. The van der Waals surface area contributed by atoms with Crippen molar-refractivity contribution in [3.05, 3.63) is 29.8 Å². The average molecular weight is 267 g/mol. The SMILES string of the molecule is COc1cccc(COC(C)C(=O)NC(C)CO)c1. The van der Waals surface area contributed by atoms with E-state index in [4.69, 9.17) is 14.6 Å². The van der Waals surface area contributed by atoms with E-state index in [2.05, 4.69) is 5.32 Å². The van der Waals surface area contributed by atoms with Gasteiger partial charge in [-0.1, -0.05) is 12.1 Å². The van der Waals surface area contributed by atoms with Crippen molar-refractivity contribution < 1.29 is 19.4 Å². The summed E-state index contributed by atoms with van der Waals surface area (Å²) in [5, 5.41) is 11.5. The van der Waals surface area contributed by atoms with E-state index in [1.54, 1.807) is 21.0 Å². The summed E-state index contributed by atoms with van der Waals surface area (Å²) >= 11 is 0. The zero-order chi connectivity index (χ0) is 14.3. The molecule has 1 aromatic rings. The van der Waals surface area contributed by atoms with Gasteiger partial charge >= 0.3 is 0 Å². The molecule has 0 saturated carbocycles. The summed E-state index contributed by atoms with van der Waals surface area (Å²) in [6, 6.07) is 7.22. The summed E-state index contributed by atoms with van der Waals surface area (Å²) in [5.74, 6) is 0.525. The molecular formula is C14H21NO4. The molecule has 0 saturated heterocycles. The molecule has 2 N–H and O–H groups in total. The largest absolute Gasteiger partial charge is 0.497 e. The molecule has 5 nitrogen and oxygen atoms in total. The Morgan fingerprint density at radius 3 is 2.79 bits per heavy atom. The third-order valence-corrected chi connectivity index (χ3v) is 2.67. The quantitative estimate of drug-likeness (QED) is 0.776. The number of amides is 1. The van der Waals surface area contributed by atoms with Gasteiger partial charge in [0.25, 0.3) is 0 Å². The first-order chi connectivity index (χ1) is 9.06. The van der Waals surface area contributed by atoms with Gasteiger partial charge in [-0.05, 0) is 31.5 Å². The zero-order valence-electron chi connectivity index (χ0n) is 11.6. The van der Waals surface area contributed by atoms with Crippen molar-refractivity contribution >= 4 is 5.91 Å². The van der Waals surface area contributed by atoms with Crippen molar-refractivity contribution in [1.29, 1.82) is 0 Å². The van der Waals surface area contributed by atoms with Crippen LogP contribution in [0.15, 0.2) is 24.3 Å². The van der Waals surface area contributed by atoms with Crippen molar-refractivity contribution in [2.45, 2.75) is 32.6 Å². The molecule has 0 aliphatic heterocycles. The van der Waals surface area contributed by atoms with E-state index in [9.17, 15) is 4.79 Å². The molecule has 0 spiro atoms. The van der Waals surface area contributed by atoms with Crippen LogP contribution in [-0.2, 0) is 16.1 Å². The Kier molecular flexibility index (Phi) is 6.32. The third-order valence-electron chi connectivity index (χ3n) is 2.67. The van der Waals surface area contributed by atoms with Gasteiger partial charge in [0.05, 0.1) is 20.3 Å². The van der Waals surface area contributed by atoms with Crippen LogP contribution in [0.4, 0.5) is 0 Å². The fraction of sp³-hybridized carbons (Fsp3) is 0.500. The highest BCUT2D eigenvalue weighted by Gasteiger charge is 2.15. The third kappa shape index (κ3) is 5.28. The number of aliphatic hydroxyl groups is 1. The standard InChI is InChI=1S/C14H21NO4/c1-10(8-16)15-14(17)11(2)19-9-12-5-4-6-13(7-12)18-3/h4-7,10-11,16H,8-9H2,1-3H3,(H,15,17). The van der Waals surface area contributed by atoms with Crippen molar-refractivity contribution in [3.63, 3.8) is 0 Å². The van der Waals surface area contributed by atoms with Crippen LogP contribution in [0.3, 0.4) is 0 Å². The molecule has 0 bridgehead atoms. The second-order valence-corrected chi connectivity index (χ2v) is 4.40. The van der Waals surface area contributed by atoms with E-state index in [0.717, 1.165) is 11.3 Å². The highest BCUT2D eigenvalue weighted by molar-refractivity contribution is 5.80. The number of nitrogens with one attached hydrogen (secondary N) is 1. The van der Waals surface area contributed by atoms with Crippen molar-refractivity contribution in [2.24, 2.45) is 0 Å². The summed E-state index contributed by atoms with van der Waals surface area (Å²) in [6.45, 7) is 3.65. The van der Waals surface area contributed by atoms with E-state index < -0.39 is 6.10 Å². The van der Waals surface area contributed by atoms with Gasteiger partial charge in [-0.3, -0.25) is 4.79 Å². The maximum atomic E-state index is 11.7. The number of benzene rings is 1. The smallest absolute Gasteiger partial charge is 0.249 e. The molecule has 2 atom stereocenters. The minimum absolute atomic E-state index is 0.0889. The number of carbonyl (C=O) groups excluding carboxylic acids is 1. The monoisotopic (exact) mass is 267 g/mol. The maximum Gasteiger partial charge on any atom is 0.249 e. The topological polar surface area (TPSA) is 67.8 Å². The normalized spacial score (nSPS) is 13.7. The van der Waals surface area contributed by atoms with E-state index in [0.29, 0.717) is 6.61 Å². The summed E-state index contributed by atoms with van der Waals surface area (Å²) in [6.07, 6.45) is -0.569. The number of hydrogen-bond donors (Lipinski definition) is 2. The molecule has 0 aromatic heterocycles. The van der Waals surface area contributed by atoms with Gasteiger partial charge in [-0.15, -0.1) is 0 Å². The van der Waals surface area contributed by atoms with Crippen LogP contribution in [0.5, 0.6) is 5.75 Å². The van der Waals surface area contributed by atoms with Crippen LogP contribution in [0.1, 0.15) is 19.4 Å². The van der Waals surface area contributed by atoms with Crippen LogP contribution in [0, 0.1) is 0 Å². The van der Waals surface area contributed by atoms with E-state index in [1.165, 1.54) is 0 Å². The molecule has 1 amide bonds. The van der Waals surface area contributed by atoms with Gasteiger partial charge in [-0.25, -0.2) is 0 Å². The second kappa shape index (κ2) is 7.76. The van der Waals surface area contributed by atoms with Crippen LogP contribution in [0.2, 0.25) is 0 Å². The minimum Gasteiger partial charge on any atom is -0.497 e. The fourth-order valence-corrected chi connectivity index (χ4v) is 1.47. The predicted octanol–water partition coefficient (Wildman–Crippen LogP) is 1.10. The molecule has 0 fully saturated rings. The molecular weight excluding hydrogens is 246 g/mol. The number of ether oxygens (including phenoxy) is 2. The zero-order valence-corrected chi connectivity index (χ0v) is 11.6. The van der Waals surface area contributed by atoms with Gasteiger partial charge in [-0.2, -0.15) is 0 Å². The Labute approximate surface area is 113 Å². The predicted molar refractivity (Wildman–Crippen MR) is 71.9 cm³/mol. The Bertz CT molecular complexity index is 408. The number of aliphatic hydroxyl groups excluding tert-OH is 1. The van der Waals surface area contributed by atoms with Crippen molar-refractivity contribution in [3.8, 4) is 5.75 Å². The molecule has 0 radical (unpaired) electrons. The van der Waals surface area contributed by atoms with Gasteiger partial charge in [0.2, 0.25) is 5.91 Å². The van der Waals surface area contributed by atoms with Crippen LogP contribution < -0.4 is 10.1 Å². The van der Waals surface area contributed by atoms with E-state index >= 15 is 0 Å². The van der Waals surface area contributed by atoms with Crippen LogP contribution in [-0.4, -0.2) is 36.9 Å². The van der Waals surface area contributed by atoms with Crippen LogP contribution >= 0.6 is 0 Å².